The lowest BCUT2D eigenvalue weighted by molar-refractivity contribution is 0.102. The van der Waals surface area contributed by atoms with Crippen LogP contribution in [0.5, 0.6) is 5.75 Å². The van der Waals surface area contributed by atoms with Crippen LogP contribution in [0.3, 0.4) is 0 Å². The highest BCUT2D eigenvalue weighted by atomic mass is 35.5. The fourth-order valence-electron chi connectivity index (χ4n) is 2.24. The molecule has 0 bridgehead atoms. The summed E-state index contributed by atoms with van der Waals surface area (Å²) in [6, 6.07) is 10.5. The summed E-state index contributed by atoms with van der Waals surface area (Å²) in [7, 11) is 0. The van der Waals surface area contributed by atoms with Gasteiger partial charge >= 0.3 is 0 Å². The second-order valence-electron chi connectivity index (χ2n) is 6.37. The van der Waals surface area contributed by atoms with Crippen molar-refractivity contribution in [1.29, 1.82) is 0 Å². The van der Waals surface area contributed by atoms with Crippen molar-refractivity contribution >= 4 is 23.2 Å². The molecule has 116 valence electrons. The quantitative estimate of drug-likeness (QED) is 0.827. The van der Waals surface area contributed by atoms with Crippen LogP contribution >= 0.6 is 11.6 Å². The van der Waals surface area contributed by atoms with Gasteiger partial charge in [-0.3, -0.25) is 4.79 Å². The smallest absolute Gasteiger partial charge is 0.255 e. The number of phenolic OH excluding ortho intramolecular Hbond substituents is 1. The Morgan fingerprint density at radius 2 is 1.82 bits per heavy atom. The van der Waals surface area contributed by atoms with Gasteiger partial charge in [-0.1, -0.05) is 44.5 Å². The van der Waals surface area contributed by atoms with Gasteiger partial charge in [0.1, 0.15) is 5.75 Å². The van der Waals surface area contributed by atoms with Gasteiger partial charge in [-0.15, -0.1) is 0 Å². The van der Waals surface area contributed by atoms with E-state index in [1.54, 1.807) is 37.3 Å². The van der Waals surface area contributed by atoms with Gasteiger partial charge in [0.2, 0.25) is 0 Å². The van der Waals surface area contributed by atoms with E-state index in [0.29, 0.717) is 21.8 Å². The lowest BCUT2D eigenvalue weighted by Gasteiger charge is -2.22. The van der Waals surface area contributed by atoms with Crippen molar-refractivity contribution in [1.82, 2.24) is 0 Å². The Labute approximate surface area is 135 Å². The van der Waals surface area contributed by atoms with Gasteiger partial charge in [0.15, 0.2) is 0 Å². The van der Waals surface area contributed by atoms with E-state index in [0.717, 1.165) is 5.56 Å². The number of carbonyl (C=O) groups excluding carboxylic acids is 1. The minimum atomic E-state index is -0.254. The molecule has 0 heterocycles. The number of hydrogen-bond donors (Lipinski definition) is 2. The predicted octanol–water partition coefficient (Wildman–Crippen LogP) is 4.90. The molecule has 0 atom stereocenters. The van der Waals surface area contributed by atoms with E-state index in [2.05, 4.69) is 5.32 Å². The number of para-hydroxylation sites is 1. The average molecular weight is 318 g/mol. The summed E-state index contributed by atoms with van der Waals surface area (Å²) in [4.78, 5) is 12.5. The molecule has 2 aromatic carbocycles. The minimum absolute atomic E-state index is 0.238. The number of aromatic hydroxyl groups is 1. The zero-order valence-corrected chi connectivity index (χ0v) is 14.0. The summed E-state index contributed by atoms with van der Waals surface area (Å²) in [5, 5.41) is 13.5. The fourth-order valence-corrected chi connectivity index (χ4v) is 2.42. The summed E-state index contributed by atoms with van der Waals surface area (Å²) < 4.78 is 0. The van der Waals surface area contributed by atoms with Gasteiger partial charge in [0, 0.05) is 11.1 Å². The van der Waals surface area contributed by atoms with E-state index < -0.39 is 0 Å². The van der Waals surface area contributed by atoms with Crippen LogP contribution in [0.25, 0.3) is 0 Å². The second kappa shape index (κ2) is 6.01. The first-order chi connectivity index (χ1) is 10.2. The van der Waals surface area contributed by atoms with Crippen molar-refractivity contribution in [2.24, 2.45) is 0 Å². The first-order valence-corrected chi connectivity index (χ1v) is 7.48. The van der Waals surface area contributed by atoms with Gasteiger partial charge in [0.25, 0.3) is 5.91 Å². The lowest BCUT2D eigenvalue weighted by Crippen LogP contribution is -2.17. The van der Waals surface area contributed by atoms with Crippen molar-refractivity contribution in [2.45, 2.75) is 33.1 Å². The number of amides is 1. The van der Waals surface area contributed by atoms with Crippen molar-refractivity contribution in [3.05, 3.63) is 58.1 Å². The number of phenols is 1. The molecule has 0 aliphatic carbocycles. The molecule has 1 amide bonds. The van der Waals surface area contributed by atoms with E-state index in [1.807, 2.05) is 26.8 Å². The number of hydrogen-bond acceptors (Lipinski definition) is 2. The first kappa shape index (κ1) is 16.4. The van der Waals surface area contributed by atoms with Gasteiger partial charge in [-0.25, -0.2) is 0 Å². The molecule has 0 saturated heterocycles. The number of halogens is 1. The van der Waals surface area contributed by atoms with E-state index in [4.69, 9.17) is 11.6 Å². The standard InChI is InChI=1S/C18H20ClNO2/c1-11-9-12(10-13(16(11)21)18(2,3)4)17(22)20-15-8-6-5-7-14(15)19/h5-10,21H,1-4H3,(H,20,22). The van der Waals surface area contributed by atoms with Crippen molar-refractivity contribution in [3.8, 4) is 5.75 Å². The van der Waals surface area contributed by atoms with E-state index in [1.165, 1.54) is 0 Å². The van der Waals surface area contributed by atoms with E-state index in [-0.39, 0.29) is 17.1 Å². The molecule has 2 N–H and O–H groups in total. The molecule has 22 heavy (non-hydrogen) atoms. The molecule has 0 saturated carbocycles. The maximum atomic E-state index is 12.5. The van der Waals surface area contributed by atoms with Crippen LogP contribution in [-0.2, 0) is 5.41 Å². The third kappa shape index (κ3) is 3.42. The van der Waals surface area contributed by atoms with Gasteiger partial charge in [0.05, 0.1) is 10.7 Å². The molecular formula is C18H20ClNO2. The van der Waals surface area contributed by atoms with Crippen LogP contribution in [-0.4, -0.2) is 11.0 Å². The molecule has 0 spiro atoms. The third-order valence-electron chi connectivity index (χ3n) is 3.49. The summed E-state index contributed by atoms with van der Waals surface area (Å²) in [5.74, 6) is -0.0107. The van der Waals surface area contributed by atoms with Crippen LogP contribution in [0.1, 0.15) is 42.3 Å². The molecule has 0 aliphatic heterocycles. The highest BCUT2D eigenvalue weighted by molar-refractivity contribution is 6.33. The number of aryl methyl sites for hydroxylation is 1. The first-order valence-electron chi connectivity index (χ1n) is 7.10. The Hall–Kier alpha value is -2.00. The summed E-state index contributed by atoms with van der Waals surface area (Å²) in [6.07, 6.45) is 0. The number of anilines is 1. The molecule has 0 radical (unpaired) electrons. The number of rotatable bonds is 2. The summed E-state index contributed by atoms with van der Waals surface area (Å²) in [5.41, 5.74) is 2.24. The van der Waals surface area contributed by atoms with Crippen molar-refractivity contribution in [3.63, 3.8) is 0 Å². The Bertz CT molecular complexity index is 718. The highest BCUT2D eigenvalue weighted by Crippen LogP contribution is 2.34. The van der Waals surface area contributed by atoms with Crippen LogP contribution in [0.4, 0.5) is 5.69 Å². The number of carbonyl (C=O) groups is 1. The number of nitrogens with one attached hydrogen (secondary N) is 1. The monoisotopic (exact) mass is 317 g/mol. The average Bonchev–Trinajstić information content (AvgIpc) is 2.42. The molecule has 4 heteroatoms. The Kier molecular flexibility index (Phi) is 4.47. The predicted molar refractivity (Wildman–Crippen MR) is 90.9 cm³/mol. The van der Waals surface area contributed by atoms with E-state index in [9.17, 15) is 9.90 Å². The molecule has 3 nitrogen and oxygen atoms in total. The zero-order valence-electron chi connectivity index (χ0n) is 13.2. The topological polar surface area (TPSA) is 49.3 Å². The SMILES string of the molecule is Cc1cc(C(=O)Nc2ccccc2Cl)cc(C(C)(C)C)c1O. The Morgan fingerprint density at radius 3 is 2.41 bits per heavy atom. The largest absolute Gasteiger partial charge is 0.507 e. The molecule has 0 fully saturated rings. The van der Waals surface area contributed by atoms with Gasteiger partial charge < -0.3 is 10.4 Å². The fraction of sp³-hybridized carbons (Fsp3) is 0.278. The summed E-state index contributed by atoms with van der Waals surface area (Å²) >= 11 is 6.06. The number of benzene rings is 2. The van der Waals surface area contributed by atoms with Crippen molar-refractivity contribution < 1.29 is 9.90 Å². The van der Waals surface area contributed by atoms with E-state index >= 15 is 0 Å². The molecule has 0 unspecified atom stereocenters. The third-order valence-corrected chi connectivity index (χ3v) is 3.82. The van der Waals surface area contributed by atoms with Crippen molar-refractivity contribution in [2.75, 3.05) is 5.32 Å². The maximum Gasteiger partial charge on any atom is 0.255 e. The Balaban J connectivity index is 2.39. The molecule has 2 aromatic rings. The molecule has 0 aliphatic rings. The zero-order chi connectivity index (χ0) is 16.5. The van der Waals surface area contributed by atoms with Crippen LogP contribution < -0.4 is 5.32 Å². The molecule has 0 aromatic heterocycles. The van der Waals surface area contributed by atoms with Gasteiger partial charge in [-0.05, 0) is 42.2 Å². The minimum Gasteiger partial charge on any atom is -0.507 e. The van der Waals surface area contributed by atoms with Crippen LogP contribution in [0.2, 0.25) is 5.02 Å². The normalized spacial score (nSPS) is 11.3. The highest BCUT2D eigenvalue weighted by Gasteiger charge is 2.22. The molecule has 2 rings (SSSR count). The lowest BCUT2D eigenvalue weighted by atomic mass is 9.84. The maximum absolute atomic E-state index is 12.5. The molecular weight excluding hydrogens is 298 g/mol. The van der Waals surface area contributed by atoms with Crippen LogP contribution in [0, 0.1) is 6.92 Å². The second-order valence-corrected chi connectivity index (χ2v) is 6.78. The van der Waals surface area contributed by atoms with Crippen LogP contribution in [0.15, 0.2) is 36.4 Å². The van der Waals surface area contributed by atoms with Gasteiger partial charge in [-0.2, -0.15) is 0 Å². The Morgan fingerprint density at radius 1 is 1.18 bits per heavy atom. The summed E-state index contributed by atoms with van der Waals surface area (Å²) in [6.45, 7) is 7.78.